The molecule has 1 aromatic carbocycles. The zero-order chi connectivity index (χ0) is 13.2. The van der Waals surface area contributed by atoms with Crippen LogP contribution in [-0.2, 0) is 0 Å². The third-order valence-electron chi connectivity index (χ3n) is 3.68. The van der Waals surface area contributed by atoms with Gasteiger partial charge in [-0.25, -0.2) is 0 Å². The second-order valence-corrected chi connectivity index (χ2v) is 5.30. The van der Waals surface area contributed by atoms with Gasteiger partial charge in [0.15, 0.2) is 0 Å². The lowest BCUT2D eigenvalue weighted by atomic mass is 9.83. The maximum atomic E-state index is 4.26. The molecule has 0 radical (unpaired) electrons. The van der Waals surface area contributed by atoms with Gasteiger partial charge in [0, 0.05) is 35.4 Å². The van der Waals surface area contributed by atoms with E-state index in [4.69, 9.17) is 0 Å². The smallest absolute Gasteiger partial charge is 0.0488 e. The van der Waals surface area contributed by atoms with Gasteiger partial charge >= 0.3 is 0 Å². The minimum atomic E-state index is 0.402. The molecule has 0 bridgehead atoms. The summed E-state index contributed by atoms with van der Waals surface area (Å²) in [5.74, 6) is 0.945. The van der Waals surface area contributed by atoms with Crippen molar-refractivity contribution in [3.05, 3.63) is 66.1 Å². The maximum absolute atomic E-state index is 4.26. The Hall–Kier alpha value is -2.09. The predicted molar refractivity (Wildman–Crippen MR) is 79.2 cm³/mol. The fourth-order valence-electron chi connectivity index (χ4n) is 2.82. The molecule has 1 atom stereocenters. The molecule has 0 aliphatic heterocycles. The first-order valence-corrected chi connectivity index (χ1v) is 6.73. The van der Waals surface area contributed by atoms with Crippen LogP contribution in [-0.4, -0.2) is 9.97 Å². The highest BCUT2D eigenvalue weighted by molar-refractivity contribution is 5.83. The third-order valence-corrected chi connectivity index (χ3v) is 3.68. The van der Waals surface area contributed by atoms with Crippen LogP contribution in [0.1, 0.15) is 30.9 Å². The van der Waals surface area contributed by atoms with E-state index in [0.717, 1.165) is 5.52 Å². The lowest BCUT2D eigenvalue weighted by Crippen LogP contribution is -2.08. The minimum Gasteiger partial charge on any atom is -0.361 e. The van der Waals surface area contributed by atoms with Gasteiger partial charge in [0.25, 0.3) is 0 Å². The SMILES string of the molecule is CC(C)C(c1ccccc1)c1c[nH]c2ccncc12. The zero-order valence-electron chi connectivity index (χ0n) is 11.3. The van der Waals surface area contributed by atoms with Crippen molar-refractivity contribution in [2.45, 2.75) is 19.8 Å². The van der Waals surface area contributed by atoms with Crippen molar-refractivity contribution in [2.24, 2.45) is 5.92 Å². The summed E-state index contributed by atoms with van der Waals surface area (Å²) in [6.07, 6.45) is 5.92. The molecule has 2 aromatic heterocycles. The normalized spacial score (nSPS) is 13.0. The van der Waals surface area contributed by atoms with Crippen molar-refractivity contribution in [1.82, 2.24) is 9.97 Å². The molecular weight excluding hydrogens is 232 g/mol. The summed E-state index contributed by atoms with van der Waals surface area (Å²) in [6.45, 7) is 4.54. The number of nitrogens with zero attached hydrogens (tertiary/aromatic N) is 1. The van der Waals surface area contributed by atoms with E-state index >= 15 is 0 Å². The topological polar surface area (TPSA) is 28.7 Å². The predicted octanol–water partition coefficient (Wildman–Crippen LogP) is 4.35. The first-order valence-electron chi connectivity index (χ1n) is 6.73. The van der Waals surface area contributed by atoms with E-state index in [0.29, 0.717) is 11.8 Å². The van der Waals surface area contributed by atoms with Crippen LogP contribution in [0.5, 0.6) is 0 Å². The van der Waals surface area contributed by atoms with E-state index in [-0.39, 0.29) is 0 Å². The van der Waals surface area contributed by atoms with Gasteiger partial charge in [0.05, 0.1) is 0 Å². The van der Waals surface area contributed by atoms with Crippen LogP contribution in [0.4, 0.5) is 0 Å². The molecule has 0 aliphatic rings. The summed E-state index contributed by atoms with van der Waals surface area (Å²) in [5, 5.41) is 1.23. The largest absolute Gasteiger partial charge is 0.361 e. The van der Waals surface area contributed by atoms with Crippen molar-refractivity contribution in [3.8, 4) is 0 Å². The second kappa shape index (κ2) is 4.88. The molecule has 2 heterocycles. The molecule has 1 N–H and O–H groups in total. The Labute approximate surface area is 113 Å². The molecule has 2 heteroatoms. The number of rotatable bonds is 3. The zero-order valence-corrected chi connectivity index (χ0v) is 11.3. The quantitative estimate of drug-likeness (QED) is 0.735. The van der Waals surface area contributed by atoms with Gasteiger partial charge in [0.2, 0.25) is 0 Å². The van der Waals surface area contributed by atoms with E-state index in [1.807, 2.05) is 18.5 Å². The molecule has 2 nitrogen and oxygen atoms in total. The van der Waals surface area contributed by atoms with E-state index in [1.165, 1.54) is 16.5 Å². The van der Waals surface area contributed by atoms with Crippen LogP contribution >= 0.6 is 0 Å². The van der Waals surface area contributed by atoms with Gasteiger partial charge in [-0.1, -0.05) is 44.2 Å². The van der Waals surface area contributed by atoms with E-state index in [9.17, 15) is 0 Å². The number of fused-ring (bicyclic) bond motifs is 1. The van der Waals surface area contributed by atoms with E-state index in [1.54, 1.807) is 0 Å². The Morgan fingerprint density at radius 1 is 1.05 bits per heavy atom. The maximum Gasteiger partial charge on any atom is 0.0488 e. The van der Waals surface area contributed by atoms with Crippen molar-refractivity contribution in [1.29, 1.82) is 0 Å². The molecule has 0 fully saturated rings. The van der Waals surface area contributed by atoms with Crippen LogP contribution in [0.25, 0.3) is 10.9 Å². The van der Waals surface area contributed by atoms with Crippen LogP contribution in [0, 0.1) is 5.92 Å². The molecule has 0 amide bonds. The van der Waals surface area contributed by atoms with Gasteiger partial charge in [0.1, 0.15) is 0 Å². The monoisotopic (exact) mass is 250 g/mol. The number of hydrogen-bond acceptors (Lipinski definition) is 1. The molecule has 0 spiro atoms. The number of benzene rings is 1. The second-order valence-electron chi connectivity index (χ2n) is 5.30. The van der Waals surface area contributed by atoms with Gasteiger partial charge in [-0.3, -0.25) is 4.98 Å². The number of aromatic amines is 1. The lowest BCUT2D eigenvalue weighted by Gasteiger charge is -2.21. The highest BCUT2D eigenvalue weighted by atomic mass is 14.7. The molecule has 3 aromatic rings. The van der Waals surface area contributed by atoms with Gasteiger partial charge in [-0.2, -0.15) is 0 Å². The van der Waals surface area contributed by atoms with Crippen LogP contribution in [0.15, 0.2) is 55.0 Å². The van der Waals surface area contributed by atoms with E-state index in [2.05, 4.69) is 60.3 Å². The molecule has 0 aliphatic carbocycles. The highest BCUT2D eigenvalue weighted by Gasteiger charge is 2.21. The summed E-state index contributed by atoms with van der Waals surface area (Å²) in [5.41, 5.74) is 3.86. The van der Waals surface area contributed by atoms with Gasteiger partial charge in [-0.05, 0) is 23.1 Å². The standard InChI is InChI=1S/C17H18N2/c1-12(2)17(13-6-4-3-5-7-13)15-11-19-16-8-9-18-10-14(15)16/h3-12,17,19H,1-2H3. The Morgan fingerprint density at radius 3 is 2.58 bits per heavy atom. The molecule has 19 heavy (non-hydrogen) atoms. The van der Waals surface area contributed by atoms with Crippen molar-refractivity contribution < 1.29 is 0 Å². The van der Waals surface area contributed by atoms with Crippen LogP contribution < -0.4 is 0 Å². The first-order chi connectivity index (χ1) is 9.27. The summed E-state index contributed by atoms with van der Waals surface area (Å²) in [7, 11) is 0. The van der Waals surface area contributed by atoms with Crippen molar-refractivity contribution >= 4 is 10.9 Å². The summed E-state index contributed by atoms with van der Waals surface area (Å²) in [6, 6.07) is 12.7. The molecule has 3 rings (SSSR count). The number of H-pyrrole nitrogens is 1. The molecule has 0 saturated heterocycles. The summed E-state index contributed by atoms with van der Waals surface area (Å²) in [4.78, 5) is 7.61. The van der Waals surface area contributed by atoms with Crippen molar-refractivity contribution in [2.75, 3.05) is 0 Å². The van der Waals surface area contributed by atoms with Crippen LogP contribution in [0.3, 0.4) is 0 Å². The summed E-state index contributed by atoms with van der Waals surface area (Å²) < 4.78 is 0. The average Bonchev–Trinajstić information content (AvgIpc) is 2.84. The molecule has 1 unspecified atom stereocenters. The molecular formula is C17H18N2. The fraction of sp³-hybridized carbons (Fsp3) is 0.235. The minimum absolute atomic E-state index is 0.402. The number of nitrogens with one attached hydrogen (secondary N) is 1. The molecule has 0 saturated carbocycles. The fourth-order valence-corrected chi connectivity index (χ4v) is 2.82. The lowest BCUT2D eigenvalue weighted by molar-refractivity contribution is 0.567. The van der Waals surface area contributed by atoms with E-state index < -0.39 is 0 Å². The number of aromatic nitrogens is 2. The molecule has 96 valence electrons. The van der Waals surface area contributed by atoms with Crippen molar-refractivity contribution in [3.63, 3.8) is 0 Å². The third kappa shape index (κ3) is 2.14. The Bertz CT molecular complexity index is 668. The van der Waals surface area contributed by atoms with Gasteiger partial charge in [-0.15, -0.1) is 0 Å². The Balaban J connectivity index is 2.16. The average molecular weight is 250 g/mol. The highest BCUT2D eigenvalue weighted by Crippen LogP contribution is 2.35. The van der Waals surface area contributed by atoms with Gasteiger partial charge < -0.3 is 4.98 Å². The number of hydrogen-bond donors (Lipinski definition) is 1. The summed E-state index contributed by atoms with van der Waals surface area (Å²) >= 11 is 0. The first kappa shape index (κ1) is 12.0. The Kier molecular flexibility index (Phi) is 3.08. The van der Waals surface area contributed by atoms with Crippen LogP contribution in [0.2, 0.25) is 0 Å². The number of pyridine rings is 1. The Morgan fingerprint density at radius 2 is 1.84 bits per heavy atom.